The summed E-state index contributed by atoms with van der Waals surface area (Å²) in [5.41, 5.74) is 2.40. The van der Waals surface area contributed by atoms with Crippen LogP contribution in [-0.4, -0.2) is 30.6 Å². The molecule has 0 aliphatic carbocycles. The molecular weight excluding hydrogens is 290 g/mol. The smallest absolute Gasteiger partial charge is 0.270 e. The first-order valence-electron chi connectivity index (χ1n) is 7.91. The van der Waals surface area contributed by atoms with Gasteiger partial charge in [0.1, 0.15) is 5.69 Å². The van der Waals surface area contributed by atoms with Crippen molar-refractivity contribution in [2.75, 3.05) is 25.1 Å². The number of carbonyl (C=O) groups excluding carboxylic acids is 1. The zero-order valence-corrected chi connectivity index (χ0v) is 13.0. The van der Waals surface area contributed by atoms with E-state index in [1.54, 1.807) is 12.3 Å². The van der Waals surface area contributed by atoms with Crippen LogP contribution < -0.4 is 10.6 Å². The van der Waals surface area contributed by atoms with E-state index in [4.69, 9.17) is 4.74 Å². The van der Waals surface area contributed by atoms with Gasteiger partial charge < -0.3 is 15.4 Å². The molecule has 1 amide bonds. The summed E-state index contributed by atoms with van der Waals surface area (Å²) < 4.78 is 5.36. The van der Waals surface area contributed by atoms with E-state index in [1.165, 1.54) is 0 Å². The molecule has 23 heavy (non-hydrogen) atoms. The third-order valence-electron chi connectivity index (χ3n) is 3.91. The van der Waals surface area contributed by atoms with Gasteiger partial charge in [0.15, 0.2) is 0 Å². The van der Waals surface area contributed by atoms with E-state index in [2.05, 4.69) is 15.6 Å². The largest absolute Gasteiger partial charge is 0.385 e. The Labute approximate surface area is 136 Å². The van der Waals surface area contributed by atoms with Gasteiger partial charge in [-0.25, -0.2) is 0 Å². The Kier molecular flexibility index (Phi) is 5.21. The van der Waals surface area contributed by atoms with Crippen LogP contribution in [0.3, 0.4) is 0 Å². The topological polar surface area (TPSA) is 63.2 Å². The highest BCUT2D eigenvalue weighted by Gasteiger charge is 2.15. The molecule has 0 spiro atoms. The summed E-state index contributed by atoms with van der Waals surface area (Å²) >= 11 is 0. The Morgan fingerprint density at radius 1 is 1.26 bits per heavy atom. The fourth-order valence-corrected chi connectivity index (χ4v) is 2.54. The summed E-state index contributed by atoms with van der Waals surface area (Å²) in [5, 5.41) is 6.25. The summed E-state index contributed by atoms with van der Waals surface area (Å²) in [7, 11) is 0. The number of nitrogens with one attached hydrogen (secondary N) is 2. The van der Waals surface area contributed by atoms with Gasteiger partial charge in [-0.2, -0.15) is 0 Å². The van der Waals surface area contributed by atoms with Crippen molar-refractivity contribution in [1.29, 1.82) is 0 Å². The van der Waals surface area contributed by atoms with Gasteiger partial charge in [0.25, 0.3) is 5.91 Å². The second-order valence-electron chi connectivity index (χ2n) is 5.71. The zero-order chi connectivity index (χ0) is 15.9. The van der Waals surface area contributed by atoms with Gasteiger partial charge in [0.2, 0.25) is 0 Å². The summed E-state index contributed by atoms with van der Waals surface area (Å²) in [6, 6.07) is 13.5. The second-order valence-corrected chi connectivity index (χ2v) is 5.71. The summed E-state index contributed by atoms with van der Waals surface area (Å²) in [4.78, 5) is 16.4. The molecule has 2 N–H and O–H groups in total. The molecule has 2 aromatic rings. The maximum absolute atomic E-state index is 12.2. The summed E-state index contributed by atoms with van der Waals surface area (Å²) in [6.45, 7) is 3.01. The van der Waals surface area contributed by atoms with Gasteiger partial charge in [0, 0.05) is 37.5 Å². The molecule has 1 aromatic carbocycles. The predicted octanol–water partition coefficient (Wildman–Crippen LogP) is 2.46. The SMILES string of the molecule is O=C(NCc1ccccc1)c1cc(NC[C@@H]2CCOC2)ccn1. The fourth-order valence-electron chi connectivity index (χ4n) is 2.54. The minimum Gasteiger partial charge on any atom is -0.385 e. The van der Waals surface area contributed by atoms with Crippen LogP contribution in [-0.2, 0) is 11.3 Å². The van der Waals surface area contributed by atoms with Crippen molar-refractivity contribution in [3.8, 4) is 0 Å². The minimum absolute atomic E-state index is 0.165. The lowest BCUT2D eigenvalue weighted by molar-refractivity contribution is 0.0946. The van der Waals surface area contributed by atoms with Crippen LogP contribution in [0.5, 0.6) is 0 Å². The summed E-state index contributed by atoms with van der Waals surface area (Å²) in [5.74, 6) is 0.375. The molecule has 1 saturated heterocycles. The van der Waals surface area contributed by atoms with Gasteiger partial charge in [0.05, 0.1) is 6.61 Å². The number of hydrogen-bond donors (Lipinski definition) is 2. The minimum atomic E-state index is -0.165. The second kappa shape index (κ2) is 7.74. The average molecular weight is 311 g/mol. The third kappa shape index (κ3) is 4.53. The third-order valence-corrected chi connectivity index (χ3v) is 3.91. The molecule has 1 aliphatic rings. The monoisotopic (exact) mass is 311 g/mol. The number of anilines is 1. The van der Waals surface area contributed by atoms with Crippen LogP contribution >= 0.6 is 0 Å². The molecule has 1 aromatic heterocycles. The van der Waals surface area contributed by atoms with E-state index in [0.29, 0.717) is 18.2 Å². The molecule has 0 bridgehead atoms. The Morgan fingerprint density at radius 3 is 2.91 bits per heavy atom. The Bertz CT molecular complexity index is 640. The van der Waals surface area contributed by atoms with Crippen LogP contribution in [0.1, 0.15) is 22.5 Å². The van der Waals surface area contributed by atoms with Crippen LogP contribution in [0.4, 0.5) is 5.69 Å². The van der Waals surface area contributed by atoms with Crippen molar-refractivity contribution in [3.63, 3.8) is 0 Å². The van der Waals surface area contributed by atoms with Gasteiger partial charge in [-0.1, -0.05) is 30.3 Å². The van der Waals surface area contributed by atoms with Crippen molar-refractivity contribution in [3.05, 3.63) is 59.9 Å². The molecule has 3 rings (SSSR count). The molecule has 0 saturated carbocycles. The lowest BCUT2D eigenvalue weighted by atomic mass is 10.1. The van der Waals surface area contributed by atoms with E-state index in [1.807, 2.05) is 36.4 Å². The molecule has 120 valence electrons. The molecular formula is C18H21N3O2. The lowest BCUT2D eigenvalue weighted by Gasteiger charge is -2.11. The van der Waals surface area contributed by atoms with Crippen molar-refractivity contribution in [1.82, 2.24) is 10.3 Å². The standard InChI is InChI=1S/C18H21N3O2/c22-18(21-11-14-4-2-1-3-5-14)17-10-16(6-8-19-17)20-12-15-7-9-23-13-15/h1-6,8,10,15H,7,9,11-13H2,(H,19,20)(H,21,22)/t15-/m0/s1. The number of ether oxygens (including phenoxy) is 1. The first kappa shape index (κ1) is 15.5. The Hall–Kier alpha value is -2.40. The molecule has 1 atom stereocenters. The molecule has 0 unspecified atom stereocenters. The molecule has 0 radical (unpaired) electrons. The highest BCUT2D eigenvalue weighted by molar-refractivity contribution is 5.93. The number of hydrogen-bond acceptors (Lipinski definition) is 4. The van der Waals surface area contributed by atoms with E-state index in [9.17, 15) is 4.79 Å². The van der Waals surface area contributed by atoms with Crippen molar-refractivity contribution in [2.24, 2.45) is 5.92 Å². The highest BCUT2D eigenvalue weighted by Crippen LogP contribution is 2.14. The maximum Gasteiger partial charge on any atom is 0.270 e. The normalized spacial score (nSPS) is 17.0. The molecule has 5 nitrogen and oxygen atoms in total. The van der Waals surface area contributed by atoms with Crippen molar-refractivity contribution in [2.45, 2.75) is 13.0 Å². The van der Waals surface area contributed by atoms with E-state index < -0.39 is 0 Å². The van der Waals surface area contributed by atoms with Crippen LogP contribution in [0, 0.1) is 5.92 Å². The Morgan fingerprint density at radius 2 is 2.13 bits per heavy atom. The number of amides is 1. The first-order chi connectivity index (χ1) is 11.3. The van der Waals surface area contributed by atoms with Gasteiger partial charge in [-0.15, -0.1) is 0 Å². The summed E-state index contributed by atoms with van der Waals surface area (Å²) in [6.07, 6.45) is 2.74. The number of nitrogens with zero attached hydrogens (tertiary/aromatic N) is 1. The number of carbonyl (C=O) groups is 1. The van der Waals surface area contributed by atoms with E-state index in [-0.39, 0.29) is 5.91 Å². The molecule has 1 fully saturated rings. The van der Waals surface area contributed by atoms with Crippen LogP contribution in [0.2, 0.25) is 0 Å². The van der Waals surface area contributed by atoms with Crippen molar-refractivity contribution >= 4 is 11.6 Å². The number of pyridine rings is 1. The number of rotatable bonds is 6. The number of aromatic nitrogens is 1. The average Bonchev–Trinajstić information content (AvgIpc) is 3.12. The van der Waals surface area contributed by atoms with E-state index in [0.717, 1.165) is 37.4 Å². The zero-order valence-electron chi connectivity index (χ0n) is 13.0. The highest BCUT2D eigenvalue weighted by atomic mass is 16.5. The molecule has 1 aliphatic heterocycles. The van der Waals surface area contributed by atoms with Crippen LogP contribution in [0.25, 0.3) is 0 Å². The fraction of sp³-hybridized carbons (Fsp3) is 0.333. The Balaban J connectivity index is 1.54. The molecule has 5 heteroatoms. The van der Waals surface area contributed by atoms with E-state index >= 15 is 0 Å². The maximum atomic E-state index is 12.2. The molecule has 2 heterocycles. The predicted molar refractivity (Wildman–Crippen MR) is 89.3 cm³/mol. The number of benzene rings is 1. The van der Waals surface area contributed by atoms with Crippen molar-refractivity contribution < 1.29 is 9.53 Å². The first-order valence-corrected chi connectivity index (χ1v) is 7.91. The van der Waals surface area contributed by atoms with Gasteiger partial charge in [-0.3, -0.25) is 9.78 Å². The van der Waals surface area contributed by atoms with Crippen LogP contribution in [0.15, 0.2) is 48.7 Å². The lowest BCUT2D eigenvalue weighted by Crippen LogP contribution is -2.24. The van der Waals surface area contributed by atoms with Gasteiger partial charge >= 0.3 is 0 Å². The van der Waals surface area contributed by atoms with Gasteiger partial charge in [-0.05, 0) is 24.1 Å². The quantitative estimate of drug-likeness (QED) is 0.860.